The molecule has 2 aromatic heterocycles. The molecule has 0 unspecified atom stereocenters. The molecule has 186 valence electrons. The van der Waals surface area contributed by atoms with Crippen LogP contribution in [0.1, 0.15) is 40.2 Å². The van der Waals surface area contributed by atoms with Gasteiger partial charge >= 0.3 is 5.97 Å². The van der Waals surface area contributed by atoms with Crippen LogP contribution in [-0.4, -0.2) is 34.3 Å². The first-order valence-corrected chi connectivity index (χ1v) is 14.2. The van der Waals surface area contributed by atoms with Gasteiger partial charge in [0.2, 0.25) is 15.2 Å². The van der Waals surface area contributed by atoms with Crippen molar-refractivity contribution in [2.24, 2.45) is 11.1 Å². The Morgan fingerprint density at radius 3 is 2.53 bits per heavy atom. The number of hydrogen-bond donors (Lipinski definition) is 2. The van der Waals surface area contributed by atoms with Crippen LogP contribution < -0.4 is 5.14 Å². The number of sulfonamides is 1. The molecule has 4 aromatic rings. The van der Waals surface area contributed by atoms with E-state index < -0.39 is 21.8 Å². The summed E-state index contributed by atoms with van der Waals surface area (Å²) in [6.07, 6.45) is 3.32. The van der Waals surface area contributed by atoms with Crippen molar-refractivity contribution in [2.75, 3.05) is 0 Å². The summed E-state index contributed by atoms with van der Waals surface area (Å²) in [5, 5.41) is 21.3. The van der Waals surface area contributed by atoms with Crippen molar-refractivity contribution >= 4 is 43.3 Å². The fourth-order valence-corrected chi connectivity index (χ4v) is 5.64. The van der Waals surface area contributed by atoms with Gasteiger partial charge in [0, 0.05) is 22.9 Å². The summed E-state index contributed by atoms with van der Waals surface area (Å²) in [6.45, 7) is 0. The first-order valence-electron chi connectivity index (χ1n) is 11.0. The Balaban J connectivity index is 1.67. The molecule has 0 amide bonds. The molecule has 0 saturated heterocycles. The largest absolute Gasteiger partial charge is 0.476 e. The number of nitrogens with two attached hydrogens (primary N) is 1. The number of aromatic nitrogens is 3. The third-order valence-corrected chi connectivity index (χ3v) is 8.34. The Morgan fingerprint density at radius 1 is 1.22 bits per heavy atom. The lowest BCUT2D eigenvalue weighted by Gasteiger charge is -2.09. The summed E-state index contributed by atoms with van der Waals surface area (Å²) in [6, 6.07) is 11.0. The highest BCUT2D eigenvalue weighted by atomic mass is 79.9. The first-order chi connectivity index (χ1) is 17.1. The van der Waals surface area contributed by atoms with Crippen LogP contribution in [0.2, 0.25) is 0 Å². The minimum atomic E-state index is -3.82. The Kier molecular flexibility index (Phi) is 6.54. The highest BCUT2D eigenvalue weighted by Crippen LogP contribution is 2.38. The van der Waals surface area contributed by atoms with Crippen LogP contribution in [0.25, 0.3) is 16.4 Å². The van der Waals surface area contributed by atoms with E-state index in [1.165, 1.54) is 34.9 Å². The molecule has 5 rings (SSSR count). The van der Waals surface area contributed by atoms with Gasteiger partial charge in [0.1, 0.15) is 5.82 Å². The second-order valence-corrected chi connectivity index (χ2v) is 11.9. The molecule has 0 bridgehead atoms. The van der Waals surface area contributed by atoms with E-state index in [9.17, 15) is 22.7 Å². The molecule has 1 fully saturated rings. The smallest absolute Gasteiger partial charge is 0.355 e. The van der Waals surface area contributed by atoms with Crippen molar-refractivity contribution in [2.45, 2.75) is 30.6 Å². The molecule has 0 spiro atoms. The third kappa shape index (κ3) is 5.12. The van der Waals surface area contributed by atoms with Crippen molar-refractivity contribution in [1.82, 2.24) is 14.8 Å². The number of rotatable bonds is 8. The Labute approximate surface area is 218 Å². The van der Waals surface area contributed by atoms with Crippen molar-refractivity contribution in [1.29, 1.82) is 0 Å². The topological polar surface area (TPSA) is 128 Å². The fourth-order valence-electron chi connectivity index (χ4n) is 3.97. The van der Waals surface area contributed by atoms with E-state index in [2.05, 4.69) is 20.9 Å². The monoisotopic (exact) mass is 590 g/mol. The molecular weight excluding hydrogens is 571 g/mol. The lowest BCUT2D eigenvalue weighted by atomic mass is 9.97. The van der Waals surface area contributed by atoms with Gasteiger partial charge in [0.05, 0.1) is 20.8 Å². The van der Waals surface area contributed by atoms with Crippen molar-refractivity contribution in [3.63, 3.8) is 0 Å². The number of primary sulfonamides is 1. The quantitative estimate of drug-likeness (QED) is 0.304. The predicted molar refractivity (Wildman–Crippen MR) is 136 cm³/mol. The van der Waals surface area contributed by atoms with Gasteiger partial charge in [-0.25, -0.2) is 32.4 Å². The first kappa shape index (κ1) is 24.8. The predicted octanol–water partition coefficient (Wildman–Crippen LogP) is 4.79. The Bertz CT molecular complexity index is 1580. The van der Waals surface area contributed by atoms with Gasteiger partial charge < -0.3 is 5.11 Å². The number of nitrogens with zero attached hydrogens (tertiary/aromatic N) is 3. The van der Waals surface area contributed by atoms with Crippen LogP contribution in [0.5, 0.6) is 0 Å². The van der Waals surface area contributed by atoms with E-state index in [1.54, 1.807) is 28.9 Å². The highest BCUT2D eigenvalue weighted by molar-refractivity contribution is 9.10. The van der Waals surface area contributed by atoms with Crippen molar-refractivity contribution in [3.8, 4) is 16.4 Å². The molecule has 2 heterocycles. The zero-order valence-electron chi connectivity index (χ0n) is 18.7. The maximum atomic E-state index is 14.0. The summed E-state index contributed by atoms with van der Waals surface area (Å²) in [5.74, 6) is -1.04. The number of carboxylic acid groups (broad SMARTS) is 1. The number of carbonyl (C=O) groups is 1. The van der Waals surface area contributed by atoms with Crippen LogP contribution in [0.4, 0.5) is 4.39 Å². The number of carboxylic acids is 1. The van der Waals surface area contributed by atoms with Gasteiger partial charge in [-0.2, -0.15) is 5.10 Å². The van der Waals surface area contributed by atoms with Crippen LogP contribution in [0, 0.1) is 11.7 Å². The van der Waals surface area contributed by atoms with Crippen LogP contribution >= 0.6 is 27.3 Å². The van der Waals surface area contributed by atoms with Crippen molar-refractivity contribution < 1.29 is 22.7 Å². The van der Waals surface area contributed by atoms with E-state index >= 15 is 0 Å². The molecule has 1 saturated carbocycles. The molecule has 3 N–H and O–H groups in total. The molecule has 2 aromatic carbocycles. The van der Waals surface area contributed by atoms with E-state index in [0.717, 1.165) is 36.1 Å². The van der Waals surface area contributed by atoms with Gasteiger partial charge in [-0.15, -0.1) is 11.3 Å². The molecule has 0 aliphatic heterocycles. The zero-order valence-corrected chi connectivity index (χ0v) is 21.9. The fraction of sp³-hybridized carbons (Fsp3) is 0.208. The molecule has 8 nitrogen and oxygen atoms in total. The summed E-state index contributed by atoms with van der Waals surface area (Å²) in [7, 11) is -3.82. The summed E-state index contributed by atoms with van der Waals surface area (Å²) < 4.78 is 39.3. The Morgan fingerprint density at radius 2 is 1.94 bits per heavy atom. The highest BCUT2D eigenvalue weighted by Gasteiger charge is 2.29. The normalized spacial score (nSPS) is 13.8. The minimum absolute atomic E-state index is 0.0202. The van der Waals surface area contributed by atoms with E-state index in [-0.39, 0.29) is 10.6 Å². The van der Waals surface area contributed by atoms with E-state index in [0.29, 0.717) is 33.2 Å². The molecule has 0 radical (unpaired) electrons. The van der Waals surface area contributed by atoms with Crippen LogP contribution in [0.15, 0.2) is 57.2 Å². The zero-order chi connectivity index (χ0) is 25.6. The Hall–Kier alpha value is -2.93. The molecule has 36 heavy (non-hydrogen) atoms. The lowest BCUT2D eigenvalue weighted by molar-refractivity contribution is 0.0691. The minimum Gasteiger partial charge on any atom is -0.476 e. The van der Waals surface area contributed by atoms with Gasteiger partial charge in [-0.05, 0) is 77.0 Å². The molecule has 1 aliphatic rings. The van der Waals surface area contributed by atoms with Gasteiger partial charge in [-0.3, -0.25) is 0 Å². The standard InChI is InChI=1S/C24H20BrFN4O4S2/c25-18-11-15(5-8-19(18)26)22-17(9-13-3-6-16(7-4-13)36(27,33)34)21(10-14-1-2-14)30(29-22)24-28-20(12-35-24)23(31)32/h3-8,11-12,14H,1-2,9-10H2,(H,31,32)(H2,27,33,34). The van der Waals surface area contributed by atoms with Gasteiger partial charge in [0.25, 0.3) is 0 Å². The number of thiazole rings is 1. The number of halogens is 2. The van der Waals surface area contributed by atoms with Gasteiger partial charge in [-0.1, -0.05) is 12.1 Å². The second kappa shape index (κ2) is 9.51. The van der Waals surface area contributed by atoms with Crippen LogP contribution in [0.3, 0.4) is 0 Å². The summed E-state index contributed by atoms with van der Waals surface area (Å²) in [4.78, 5) is 15.7. The van der Waals surface area contributed by atoms with Crippen LogP contribution in [-0.2, 0) is 22.9 Å². The maximum absolute atomic E-state index is 14.0. The summed E-state index contributed by atoms with van der Waals surface area (Å²) in [5.41, 5.74) is 3.87. The second-order valence-electron chi connectivity index (χ2n) is 8.65. The van der Waals surface area contributed by atoms with Gasteiger partial charge in [0.15, 0.2) is 5.69 Å². The lowest BCUT2D eigenvalue weighted by Crippen LogP contribution is -2.12. The van der Waals surface area contributed by atoms with E-state index in [1.807, 2.05) is 0 Å². The SMILES string of the molecule is NS(=O)(=O)c1ccc(Cc2c(-c3ccc(F)c(Br)c3)nn(-c3nc(C(=O)O)cs3)c2CC2CC2)cc1. The average molecular weight is 591 g/mol. The third-order valence-electron chi connectivity index (χ3n) is 5.99. The number of benzene rings is 2. The number of aromatic carboxylic acids is 1. The molecule has 0 atom stereocenters. The maximum Gasteiger partial charge on any atom is 0.355 e. The van der Waals surface area contributed by atoms with E-state index in [4.69, 9.17) is 10.2 Å². The van der Waals surface area contributed by atoms with Crippen molar-refractivity contribution in [3.05, 3.63) is 80.6 Å². The molecular formula is C24H20BrFN4O4S2. The average Bonchev–Trinajstić information content (AvgIpc) is 3.38. The molecule has 12 heteroatoms. The molecule has 1 aliphatic carbocycles. The number of hydrogen-bond acceptors (Lipinski definition) is 6. The summed E-state index contributed by atoms with van der Waals surface area (Å²) >= 11 is 4.43.